The van der Waals surface area contributed by atoms with Crippen molar-refractivity contribution in [3.63, 3.8) is 0 Å². The number of hydrogen-bond donors (Lipinski definition) is 4. The normalized spacial score (nSPS) is 21.9. The molecular formula is C35H46N8O5. The average Bonchev–Trinajstić information content (AvgIpc) is 3.78. The summed E-state index contributed by atoms with van der Waals surface area (Å²) in [5.74, 6) is -0.770. The largest absolute Gasteiger partial charge is 0.492 e. The number of benzene rings is 2. The van der Waals surface area contributed by atoms with Gasteiger partial charge in [0.15, 0.2) is 0 Å². The van der Waals surface area contributed by atoms with E-state index < -0.39 is 18.0 Å². The van der Waals surface area contributed by atoms with E-state index in [9.17, 15) is 19.2 Å². The topological polar surface area (TPSA) is 160 Å². The van der Waals surface area contributed by atoms with Crippen LogP contribution in [-0.4, -0.2) is 94.4 Å². The molecule has 0 saturated carbocycles. The number of nitrogens with zero attached hydrogens (tertiary/aromatic N) is 4. The minimum Gasteiger partial charge on any atom is -0.492 e. The number of rotatable bonds is 4. The monoisotopic (exact) mass is 658 g/mol. The maximum absolute atomic E-state index is 13.6. The van der Waals surface area contributed by atoms with Crippen molar-refractivity contribution in [1.29, 1.82) is 0 Å². The maximum Gasteiger partial charge on any atom is 0.243 e. The third-order valence-electron chi connectivity index (χ3n) is 8.61. The average molecular weight is 659 g/mol. The first kappa shape index (κ1) is 34.6. The third-order valence-corrected chi connectivity index (χ3v) is 8.61. The van der Waals surface area contributed by atoms with Crippen molar-refractivity contribution < 1.29 is 23.9 Å². The second-order valence-electron chi connectivity index (χ2n) is 12.7. The van der Waals surface area contributed by atoms with Gasteiger partial charge in [0.1, 0.15) is 24.4 Å². The number of fused-ring (bicyclic) bond motifs is 4. The van der Waals surface area contributed by atoms with E-state index in [1.807, 2.05) is 68.6 Å². The van der Waals surface area contributed by atoms with E-state index in [4.69, 9.17) is 4.74 Å². The zero-order chi connectivity index (χ0) is 33.9. The van der Waals surface area contributed by atoms with Gasteiger partial charge in [0, 0.05) is 38.7 Å². The number of amides is 4. The predicted molar refractivity (Wildman–Crippen MR) is 179 cm³/mol. The zero-order valence-corrected chi connectivity index (χ0v) is 27.7. The molecule has 2 aliphatic heterocycles. The number of aromatic nitrogens is 3. The fraction of sp³-hybridized carbons (Fsp3) is 0.486. The first-order valence-electron chi connectivity index (χ1n) is 16.8. The van der Waals surface area contributed by atoms with Crippen LogP contribution in [0.15, 0.2) is 60.8 Å². The molecule has 1 saturated heterocycles. The van der Waals surface area contributed by atoms with Gasteiger partial charge in [0.2, 0.25) is 23.6 Å². The summed E-state index contributed by atoms with van der Waals surface area (Å²) < 4.78 is 7.65. The Bertz CT molecular complexity index is 1540. The van der Waals surface area contributed by atoms with Gasteiger partial charge >= 0.3 is 0 Å². The Kier molecular flexibility index (Phi) is 12.1. The summed E-state index contributed by atoms with van der Waals surface area (Å²) in [7, 11) is 0. The number of nitrogens with one attached hydrogen (secondary N) is 4. The molecule has 1 aromatic heterocycles. The SMILES string of the molecule is CC(C)C1NC(=O)Cc2cccc(c2)OCCn2cc(nn2)CCN(C(=O)[C@@H]2CCCN2)CCNC(=O)[C@H](Cc2ccccc2)NC1=O. The van der Waals surface area contributed by atoms with Gasteiger partial charge < -0.3 is 30.9 Å². The molecule has 4 N–H and O–H groups in total. The van der Waals surface area contributed by atoms with E-state index in [0.29, 0.717) is 38.4 Å². The molecular weight excluding hydrogens is 612 g/mol. The molecule has 5 rings (SSSR count). The molecule has 3 heterocycles. The molecule has 4 bridgehead atoms. The summed E-state index contributed by atoms with van der Waals surface area (Å²) in [4.78, 5) is 55.7. The number of carbonyl (C=O) groups is 4. The van der Waals surface area contributed by atoms with E-state index in [1.54, 1.807) is 15.6 Å². The van der Waals surface area contributed by atoms with Crippen LogP contribution >= 0.6 is 0 Å². The van der Waals surface area contributed by atoms with E-state index >= 15 is 0 Å². The van der Waals surface area contributed by atoms with Crippen LogP contribution in [-0.2, 0) is 45.0 Å². The molecule has 48 heavy (non-hydrogen) atoms. The molecule has 0 radical (unpaired) electrons. The van der Waals surface area contributed by atoms with Crippen LogP contribution < -0.4 is 26.0 Å². The molecule has 2 aromatic carbocycles. The van der Waals surface area contributed by atoms with Crippen LogP contribution in [0.4, 0.5) is 0 Å². The van der Waals surface area contributed by atoms with Gasteiger partial charge in [-0.1, -0.05) is 61.5 Å². The molecule has 3 atom stereocenters. The molecule has 13 heteroatoms. The second-order valence-corrected chi connectivity index (χ2v) is 12.7. The standard InChI is InChI=1S/C35H46N8O5/c1-24(2)32-34(46)38-30(21-25-8-4-3-5-9-25)33(45)37-15-17-42(35(47)29-12-7-14-36-29)16-13-27-23-43(41-40-27)18-19-48-28-11-6-10-26(20-28)22-31(44)39-32/h3-6,8-11,20,23-24,29-30,32,36H,7,12-19,21-22H2,1-2H3,(H,37,45)(H,38,46)(H,39,44)/t29-,30-,32?/m0/s1. The highest BCUT2D eigenvalue weighted by Gasteiger charge is 2.30. The lowest BCUT2D eigenvalue weighted by Gasteiger charge is -2.27. The summed E-state index contributed by atoms with van der Waals surface area (Å²) in [6.07, 6.45) is 4.35. The van der Waals surface area contributed by atoms with Gasteiger partial charge in [-0.25, -0.2) is 4.68 Å². The highest BCUT2D eigenvalue weighted by molar-refractivity contribution is 5.92. The quantitative estimate of drug-likeness (QED) is 0.324. The second kappa shape index (κ2) is 16.9. The van der Waals surface area contributed by atoms with Crippen molar-refractivity contribution in [1.82, 2.24) is 41.2 Å². The summed E-state index contributed by atoms with van der Waals surface area (Å²) in [6, 6.07) is 14.7. The lowest BCUT2D eigenvalue weighted by molar-refractivity contribution is -0.134. The van der Waals surface area contributed by atoms with Gasteiger partial charge in [-0.3, -0.25) is 19.2 Å². The first-order valence-corrected chi connectivity index (χ1v) is 16.8. The first-order chi connectivity index (χ1) is 23.2. The lowest BCUT2D eigenvalue weighted by atomic mass is 10.0. The minimum atomic E-state index is -0.899. The fourth-order valence-electron chi connectivity index (χ4n) is 5.96. The highest BCUT2D eigenvalue weighted by atomic mass is 16.5. The fourth-order valence-corrected chi connectivity index (χ4v) is 5.96. The highest BCUT2D eigenvalue weighted by Crippen LogP contribution is 2.15. The van der Waals surface area contributed by atoms with Crippen molar-refractivity contribution >= 4 is 23.6 Å². The summed E-state index contributed by atoms with van der Waals surface area (Å²) >= 11 is 0. The van der Waals surface area contributed by atoms with Gasteiger partial charge in [0.25, 0.3) is 0 Å². The smallest absolute Gasteiger partial charge is 0.243 e. The van der Waals surface area contributed by atoms with Crippen LogP contribution in [0.2, 0.25) is 0 Å². The van der Waals surface area contributed by atoms with Crippen LogP contribution in [0, 0.1) is 5.92 Å². The van der Waals surface area contributed by atoms with Crippen molar-refractivity contribution in [3.8, 4) is 5.75 Å². The summed E-state index contributed by atoms with van der Waals surface area (Å²) in [5.41, 5.74) is 2.36. The molecule has 1 unspecified atom stereocenters. The Morgan fingerprint density at radius 3 is 2.58 bits per heavy atom. The molecule has 2 aliphatic rings. The molecule has 256 valence electrons. The number of carbonyl (C=O) groups excluding carboxylic acids is 4. The van der Waals surface area contributed by atoms with Gasteiger partial charge in [-0.2, -0.15) is 0 Å². The predicted octanol–water partition coefficient (Wildman–Crippen LogP) is 1.02. The molecule has 4 amide bonds. The number of ether oxygens (including phenoxy) is 1. The van der Waals surface area contributed by atoms with Crippen molar-refractivity contribution in [2.45, 2.75) is 70.6 Å². The van der Waals surface area contributed by atoms with Gasteiger partial charge in [0.05, 0.1) is 24.7 Å². The van der Waals surface area contributed by atoms with E-state index in [-0.39, 0.29) is 49.1 Å². The van der Waals surface area contributed by atoms with E-state index in [1.165, 1.54) is 0 Å². The van der Waals surface area contributed by atoms with Crippen LogP contribution in [0.25, 0.3) is 0 Å². The van der Waals surface area contributed by atoms with Crippen molar-refractivity contribution in [3.05, 3.63) is 77.6 Å². The molecule has 0 spiro atoms. The zero-order valence-electron chi connectivity index (χ0n) is 27.7. The molecule has 1 fully saturated rings. The van der Waals surface area contributed by atoms with Crippen molar-refractivity contribution in [2.24, 2.45) is 5.92 Å². The van der Waals surface area contributed by atoms with Crippen molar-refractivity contribution in [2.75, 3.05) is 32.8 Å². The lowest BCUT2D eigenvalue weighted by Crippen LogP contribution is -2.56. The van der Waals surface area contributed by atoms with Crippen LogP contribution in [0.5, 0.6) is 5.75 Å². The molecule has 13 nitrogen and oxygen atoms in total. The van der Waals surface area contributed by atoms with E-state index in [0.717, 1.165) is 36.2 Å². The summed E-state index contributed by atoms with van der Waals surface area (Å²) in [5, 5.41) is 20.5. The third kappa shape index (κ3) is 9.86. The number of hydrogen-bond acceptors (Lipinski definition) is 8. The Labute approximate surface area is 281 Å². The molecule has 0 aliphatic carbocycles. The van der Waals surface area contributed by atoms with Crippen LogP contribution in [0.3, 0.4) is 0 Å². The minimum absolute atomic E-state index is 0.0139. The summed E-state index contributed by atoms with van der Waals surface area (Å²) in [6.45, 7) is 6.20. The Morgan fingerprint density at radius 2 is 1.81 bits per heavy atom. The maximum atomic E-state index is 13.6. The van der Waals surface area contributed by atoms with Gasteiger partial charge in [-0.05, 0) is 48.6 Å². The Hall–Kier alpha value is -4.78. The van der Waals surface area contributed by atoms with Crippen LogP contribution in [0.1, 0.15) is 43.5 Å². The van der Waals surface area contributed by atoms with E-state index in [2.05, 4.69) is 31.6 Å². The van der Waals surface area contributed by atoms with Gasteiger partial charge in [-0.15, -0.1) is 5.10 Å². The Morgan fingerprint density at radius 1 is 0.979 bits per heavy atom. The Balaban J connectivity index is 1.37. The molecule has 3 aromatic rings.